The first-order valence-corrected chi connectivity index (χ1v) is 25.8. The van der Waals surface area contributed by atoms with Crippen LogP contribution in [0, 0.1) is 11.8 Å². The number of carboxylic acid groups (broad SMARTS) is 1. The molecule has 0 radical (unpaired) electrons. The van der Waals surface area contributed by atoms with Crippen LogP contribution in [0.5, 0.6) is 23.0 Å². The van der Waals surface area contributed by atoms with Crippen molar-refractivity contribution in [2.45, 2.75) is 114 Å². The minimum absolute atomic E-state index is 0. The molecule has 0 bridgehead atoms. The van der Waals surface area contributed by atoms with Gasteiger partial charge in [-0.15, -0.1) is 13.2 Å². The van der Waals surface area contributed by atoms with Crippen molar-refractivity contribution in [2.75, 3.05) is 48.6 Å². The van der Waals surface area contributed by atoms with Gasteiger partial charge in [-0.05, 0) is 78.6 Å². The third-order valence-electron chi connectivity index (χ3n) is 13.9. The van der Waals surface area contributed by atoms with Crippen LogP contribution in [0.15, 0.2) is 73.8 Å². The topological polar surface area (TPSA) is 299 Å². The summed E-state index contributed by atoms with van der Waals surface area (Å²) in [6.45, 7) is 17.7. The molecule has 2 N–H and O–H groups in total. The molecule has 4 fully saturated rings. The Morgan fingerprint density at radius 3 is 1.33 bits per heavy atom. The maximum absolute atomic E-state index is 13.6. The Labute approximate surface area is 495 Å². The normalized spacial score (nSPS) is 23.3. The predicted molar refractivity (Wildman–Crippen MR) is 286 cm³/mol. The van der Waals surface area contributed by atoms with Crippen molar-refractivity contribution in [1.29, 1.82) is 0 Å². The van der Waals surface area contributed by atoms with E-state index in [1.807, 2.05) is 0 Å². The second kappa shape index (κ2) is 25.2. The Bertz CT molecular complexity index is 3180. The molecule has 2 aliphatic heterocycles. The van der Waals surface area contributed by atoms with Gasteiger partial charge in [-0.2, -0.15) is 0 Å². The zero-order valence-corrected chi connectivity index (χ0v) is 50.0. The van der Waals surface area contributed by atoms with Crippen LogP contribution < -0.4 is 64.2 Å². The molecule has 2 saturated heterocycles. The number of aromatic carboxylic acids is 1. The van der Waals surface area contributed by atoms with Crippen LogP contribution in [0.1, 0.15) is 88.2 Å². The minimum atomic E-state index is -1.50. The van der Waals surface area contributed by atoms with Gasteiger partial charge in [0.15, 0.2) is 5.69 Å². The molecule has 8 rings (SSSR count). The van der Waals surface area contributed by atoms with E-state index in [4.69, 9.17) is 42.6 Å². The molecule has 2 saturated carbocycles. The molecule has 4 heterocycles. The number of aromatic nitrogens is 2. The number of likely N-dealkylation sites (tertiary alicyclic amines) is 2. The Morgan fingerprint density at radius 1 is 0.610 bits per heavy atom. The van der Waals surface area contributed by atoms with Gasteiger partial charge >= 0.3 is 59.7 Å². The number of rotatable bonds is 16. The summed E-state index contributed by atoms with van der Waals surface area (Å²) in [6.07, 6.45) is 1.13. The zero-order valence-electron chi connectivity index (χ0n) is 48.0. The summed E-state index contributed by atoms with van der Waals surface area (Å²) in [5.41, 5.74) is -3.74. The van der Waals surface area contributed by atoms with Gasteiger partial charge in [-0.3, -0.25) is 19.4 Å². The van der Waals surface area contributed by atoms with E-state index in [-0.39, 0.29) is 84.5 Å². The number of pyridine rings is 2. The molecular weight excluding hydrogens is 1080 g/mol. The molecule has 4 amide bonds. The summed E-state index contributed by atoms with van der Waals surface area (Å²) in [4.78, 5) is 113. The second-order valence-electron chi connectivity index (χ2n) is 21.8. The molecule has 24 nitrogen and oxygen atoms in total. The van der Waals surface area contributed by atoms with Gasteiger partial charge in [-0.25, -0.2) is 33.9 Å². The molecule has 0 spiro atoms. The zero-order chi connectivity index (χ0) is 59.5. The standard InChI is InChI=1S/C29H35N3O9.C28H33N3O9.Na/c1-8-16-14-29(16,26(35)39-7)31-24(33)22-12-18(15-32(22)27(36)41-28(2,3)4)40-23-13-21(25(34)38-6)30-20-11-17(37-5)9-10-19(20)23;1-7-15-13-28(15,25(35)38-6)30-23(32)21-11-17(14-31(21)26(36)40-27(2,3)4)39-22-12-20(24(33)34)29-19-10-16(37-5)8-9-18(19)22;/h8-11,13,16,18,22H,1,12,14-15H2,2-7H3,(H,31,33);7-10,12,15,17,21H,1,11,13-14H2,2-6H3,(H,30,32)(H,33,34);/q;;+1/p-1/t16-,18-,22+,29-;15-,17-,21+,28-;/m11./s1. The maximum atomic E-state index is 13.6. The summed E-state index contributed by atoms with van der Waals surface area (Å²) in [5, 5.41) is 18.3. The third kappa shape index (κ3) is 14.0. The van der Waals surface area contributed by atoms with Crippen LogP contribution in [0.3, 0.4) is 0 Å². The van der Waals surface area contributed by atoms with E-state index in [1.165, 1.54) is 57.5 Å². The number of ether oxygens (including phenoxy) is 9. The van der Waals surface area contributed by atoms with Crippen molar-refractivity contribution in [1.82, 2.24) is 30.4 Å². The second-order valence-corrected chi connectivity index (χ2v) is 21.8. The number of carbonyl (C=O) groups excluding carboxylic acids is 8. The number of methoxy groups -OCH3 is 5. The van der Waals surface area contributed by atoms with Crippen molar-refractivity contribution in [3.05, 3.63) is 85.2 Å². The molecule has 2 aliphatic carbocycles. The van der Waals surface area contributed by atoms with Gasteiger partial charge in [0.25, 0.3) is 0 Å². The van der Waals surface area contributed by atoms with E-state index in [1.54, 1.807) is 90.1 Å². The number of amides is 4. The number of carboxylic acids is 1. The molecule has 82 heavy (non-hydrogen) atoms. The fraction of sp³-hybridized carbons (Fsp3) is 0.474. The van der Waals surface area contributed by atoms with Crippen LogP contribution in [0.2, 0.25) is 0 Å². The Balaban J connectivity index is 0.000000261. The molecule has 8 atom stereocenters. The Kier molecular flexibility index (Phi) is 19.5. The van der Waals surface area contributed by atoms with Gasteiger partial charge in [0.05, 0.1) is 71.3 Å². The fourth-order valence-corrected chi connectivity index (χ4v) is 9.76. The Morgan fingerprint density at radius 2 is 1.00 bits per heavy atom. The average molecular weight is 1150 g/mol. The SMILES string of the molecule is C=C[C@@H]1C[C@]1(NC(=O)[C@@H]1C[C@@H](Oc2cc(C(=O)OC)nc3cc(OC)ccc23)CN1C(=O)OC(C)(C)C)C(=O)OC.C=C[C@@H]1C[C@]1(NC(=O)[C@@H]1C[C@@H](Oc2cc(C(=O)[O-])nc3cc(OC)ccc23)CN1C(=O)OC(C)(C)C)C(=O)OC.[Na+]. The average Bonchev–Trinajstić information content (AvgIpc) is 2.13. The molecule has 0 unspecified atom stereocenters. The number of esters is 3. The summed E-state index contributed by atoms with van der Waals surface area (Å²) in [6, 6.07) is 10.7. The summed E-state index contributed by atoms with van der Waals surface area (Å²) >= 11 is 0. The molecule has 4 aromatic rings. The minimum Gasteiger partial charge on any atom is -0.543 e. The van der Waals surface area contributed by atoms with Crippen molar-refractivity contribution in [3.63, 3.8) is 0 Å². The number of hydrogen-bond acceptors (Lipinski definition) is 20. The van der Waals surface area contributed by atoms with Crippen molar-refractivity contribution in [3.8, 4) is 23.0 Å². The van der Waals surface area contributed by atoms with Gasteiger partial charge in [0.1, 0.15) is 69.6 Å². The molecule has 2 aromatic heterocycles. The summed E-state index contributed by atoms with van der Waals surface area (Å²) in [5.74, 6) is -3.58. The molecular formula is C57H67N6NaO18. The first-order chi connectivity index (χ1) is 38.2. The van der Waals surface area contributed by atoms with Crippen LogP contribution in [-0.2, 0) is 42.9 Å². The molecule has 4 aliphatic rings. The molecule has 25 heteroatoms. The van der Waals surface area contributed by atoms with Gasteiger partial charge < -0.3 is 63.2 Å². The molecule has 2 aromatic carbocycles. The maximum Gasteiger partial charge on any atom is 1.00 e. The number of carbonyl (C=O) groups is 8. The van der Waals surface area contributed by atoms with Crippen LogP contribution in [0.4, 0.5) is 9.59 Å². The first-order valence-electron chi connectivity index (χ1n) is 25.8. The van der Waals surface area contributed by atoms with E-state index in [0.29, 0.717) is 51.9 Å². The van der Waals surface area contributed by atoms with Crippen LogP contribution in [0.25, 0.3) is 21.8 Å². The number of benzene rings is 2. The van der Waals surface area contributed by atoms with Gasteiger partial charge in [0.2, 0.25) is 11.8 Å². The van der Waals surface area contributed by atoms with Crippen molar-refractivity contribution < 1.29 is 116 Å². The number of nitrogens with zero attached hydrogens (tertiary/aromatic N) is 4. The number of nitrogens with one attached hydrogen (secondary N) is 2. The molecule has 434 valence electrons. The van der Waals surface area contributed by atoms with Crippen molar-refractivity contribution >= 4 is 69.7 Å². The van der Waals surface area contributed by atoms with E-state index < -0.39 is 94.4 Å². The van der Waals surface area contributed by atoms with E-state index in [2.05, 4.69) is 33.8 Å². The quantitative estimate of drug-likeness (QED) is 0.0697. The van der Waals surface area contributed by atoms with E-state index >= 15 is 0 Å². The Hall–Kier alpha value is -7.70. The van der Waals surface area contributed by atoms with Gasteiger partial charge in [0, 0.05) is 59.7 Å². The number of fused-ring (bicyclic) bond motifs is 2. The largest absolute Gasteiger partial charge is 1.00 e. The van der Waals surface area contributed by atoms with Crippen molar-refractivity contribution in [2.24, 2.45) is 11.8 Å². The van der Waals surface area contributed by atoms with Crippen LogP contribution >= 0.6 is 0 Å². The van der Waals surface area contributed by atoms with E-state index in [9.17, 15) is 43.5 Å². The summed E-state index contributed by atoms with van der Waals surface area (Å²) < 4.78 is 48.8. The monoisotopic (exact) mass is 1150 g/mol. The third-order valence-corrected chi connectivity index (χ3v) is 13.9. The van der Waals surface area contributed by atoms with Crippen LogP contribution in [-0.4, -0.2) is 163 Å². The van der Waals surface area contributed by atoms with E-state index in [0.717, 1.165) is 0 Å². The van der Waals surface area contributed by atoms with Gasteiger partial charge in [-0.1, -0.05) is 12.2 Å². The summed E-state index contributed by atoms with van der Waals surface area (Å²) in [7, 11) is 6.71. The number of hydrogen-bond donors (Lipinski definition) is 2. The first kappa shape index (κ1) is 63.5. The smallest absolute Gasteiger partial charge is 0.543 e. The fourth-order valence-electron chi connectivity index (χ4n) is 9.76. The predicted octanol–water partition coefficient (Wildman–Crippen LogP) is 1.62.